The highest BCUT2D eigenvalue weighted by Gasteiger charge is 2.17. The fourth-order valence-electron chi connectivity index (χ4n) is 4.61. The number of carbonyl (C=O) groups excluding carboxylic acids is 1. The fourth-order valence-corrected chi connectivity index (χ4v) is 4.61. The highest BCUT2D eigenvalue weighted by Crippen LogP contribution is 2.31. The largest absolute Gasteiger partial charge is 0.461 e. The van der Waals surface area contributed by atoms with Gasteiger partial charge in [-0.1, -0.05) is 18.2 Å². The van der Waals surface area contributed by atoms with Gasteiger partial charge in [-0.2, -0.15) is 0 Å². The van der Waals surface area contributed by atoms with Crippen molar-refractivity contribution in [3.8, 4) is 0 Å². The molecule has 168 valence electrons. The van der Waals surface area contributed by atoms with Crippen LogP contribution in [0, 0.1) is 20.8 Å². The van der Waals surface area contributed by atoms with Crippen LogP contribution in [-0.2, 0) is 24.7 Å². The molecule has 0 bridgehead atoms. The van der Waals surface area contributed by atoms with Gasteiger partial charge < -0.3 is 18.7 Å². The van der Waals surface area contributed by atoms with E-state index in [0.717, 1.165) is 34.1 Å². The standard InChI is InChI=1S/C27H26N2O4/c1-15-17(3)32-24-13-25-21(11-20(15)24)16(2)22(27(31)33-25)12-26(30)28-10-9-18-14-29(4)23-8-6-5-7-19(18)23/h5-8,11,13-14H,9-10,12H2,1-4H3,(H,28,30). The number of carbonyl (C=O) groups is 1. The number of benzene rings is 2. The van der Waals surface area contributed by atoms with Crippen LogP contribution in [0.4, 0.5) is 0 Å². The van der Waals surface area contributed by atoms with Crippen LogP contribution in [-0.4, -0.2) is 17.0 Å². The summed E-state index contributed by atoms with van der Waals surface area (Å²) in [5, 5.41) is 5.96. The number of amides is 1. The number of nitrogens with one attached hydrogen (secondary N) is 1. The maximum absolute atomic E-state index is 12.7. The third-order valence-corrected chi connectivity index (χ3v) is 6.62. The first-order valence-electron chi connectivity index (χ1n) is 11.1. The van der Waals surface area contributed by atoms with Gasteiger partial charge in [0.1, 0.15) is 16.9 Å². The molecule has 6 heteroatoms. The van der Waals surface area contributed by atoms with E-state index in [2.05, 4.69) is 28.2 Å². The van der Waals surface area contributed by atoms with Crippen molar-refractivity contribution in [2.24, 2.45) is 7.05 Å². The van der Waals surface area contributed by atoms with Crippen molar-refractivity contribution >= 4 is 38.7 Å². The summed E-state index contributed by atoms with van der Waals surface area (Å²) in [5.41, 5.74) is 5.25. The molecule has 0 aliphatic heterocycles. The molecule has 0 fully saturated rings. The van der Waals surface area contributed by atoms with Crippen LogP contribution in [0.2, 0.25) is 0 Å². The van der Waals surface area contributed by atoms with Gasteiger partial charge in [-0.05, 0) is 56.0 Å². The van der Waals surface area contributed by atoms with Gasteiger partial charge in [0.25, 0.3) is 0 Å². The highest BCUT2D eigenvalue weighted by molar-refractivity contribution is 5.97. The monoisotopic (exact) mass is 442 g/mol. The Morgan fingerprint density at radius 3 is 2.52 bits per heavy atom. The molecule has 2 aromatic carbocycles. The SMILES string of the molecule is Cc1oc2cc3oc(=O)c(CC(=O)NCCc4cn(C)c5ccccc45)c(C)c3cc2c1C. The fraction of sp³-hybridized carbons (Fsp3) is 0.259. The number of aromatic nitrogens is 1. The van der Waals surface area contributed by atoms with Gasteiger partial charge in [0.2, 0.25) is 5.91 Å². The molecular weight excluding hydrogens is 416 g/mol. The lowest BCUT2D eigenvalue weighted by Crippen LogP contribution is -2.29. The number of nitrogens with zero attached hydrogens (tertiary/aromatic N) is 1. The minimum Gasteiger partial charge on any atom is -0.461 e. The van der Waals surface area contributed by atoms with Gasteiger partial charge in [-0.3, -0.25) is 4.79 Å². The predicted molar refractivity (Wildman–Crippen MR) is 130 cm³/mol. The van der Waals surface area contributed by atoms with Gasteiger partial charge in [-0.15, -0.1) is 0 Å². The van der Waals surface area contributed by atoms with Crippen LogP contribution in [0.3, 0.4) is 0 Å². The summed E-state index contributed by atoms with van der Waals surface area (Å²) >= 11 is 0. The Balaban J connectivity index is 1.35. The molecule has 3 aromatic heterocycles. The summed E-state index contributed by atoms with van der Waals surface area (Å²) in [6.07, 6.45) is 2.80. The Morgan fingerprint density at radius 2 is 1.70 bits per heavy atom. The van der Waals surface area contributed by atoms with E-state index >= 15 is 0 Å². The summed E-state index contributed by atoms with van der Waals surface area (Å²) in [6, 6.07) is 12.0. The Labute approximate surface area is 190 Å². The molecule has 0 atom stereocenters. The Bertz CT molecular complexity index is 1600. The number of fused-ring (bicyclic) bond motifs is 3. The van der Waals surface area contributed by atoms with Crippen LogP contribution in [0.15, 0.2) is 56.2 Å². The number of para-hydroxylation sites is 1. The second-order valence-electron chi connectivity index (χ2n) is 8.68. The molecule has 0 aliphatic rings. The van der Waals surface area contributed by atoms with Crippen molar-refractivity contribution in [1.82, 2.24) is 9.88 Å². The average Bonchev–Trinajstić information content (AvgIpc) is 3.26. The average molecular weight is 443 g/mol. The first-order chi connectivity index (χ1) is 15.8. The summed E-state index contributed by atoms with van der Waals surface area (Å²) < 4.78 is 13.4. The number of aryl methyl sites for hydroxylation is 4. The van der Waals surface area contributed by atoms with E-state index in [0.29, 0.717) is 23.3 Å². The van der Waals surface area contributed by atoms with Crippen LogP contribution in [0.1, 0.15) is 28.0 Å². The van der Waals surface area contributed by atoms with Crippen molar-refractivity contribution in [3.05, 3.63) is 81.0 Å². The van der Waals surface area contributed by atoms with E-state index in [4.69, 9.17) is 8.83 Å². The summed E-state index contributed by atoms with van der Waals surface area (Å²) in [6.45, 7) is 6.29. The van der Waals surface area contributed by atoms with Crippen LogP contribution in [0.25, 0.3) is 32.8 Å². The molecule has 0 aliphatic carbocycles. The molecule has 0 saturated carbocycles. The molecule has 33 heavy (non-hydrogen) atoms. The highest BCUT2D eigenvalue weighted by atomic mass is 16.4. The topological polar surface area (TPSA) is 77.4 Å². The van der Waals surface area contributed by atoms with E-state index in [9.17, 15) is 9.59 Å². The number of hydrogen-bond acceptors (Lipinski definition) is 4. The lowest BCUT2D eigenvalue weighted by atomic mass is 10.0. The second-order valence-corrected chi connectivity index (χ2v) is 8.68. The molecule has 0 unspecified atom stereocenters. The Kier molecular flexibility index (Phi) is 5.08. The zero-order valence-electron chi connectivity index (χ0n) is 19.2. The van der Waals surface area contributed by atoms with Crippen molar-refractivity contribution in [1.29, 1.82) is 0 Å². The summed E-state index contributed by atoms with van der Waals surface area (Å²) in [5.74, 6) is 0.646. The molecule has 1 N–H and O–H groups in total. The van der Waals surface area contributed by atoms with Gasteiger partial charge in [0.05, 0.1) is 12.0 Å². The molecule has 5 aromatic rings. The van der Waals surface area contributed by atoms with Crippen molar-refractivity contribution in [2.45, 2.75) is 33.6 Å². The molecule has 6 nitrogen and oxygen atoms in total. The molecule has 3 heterocycles. The maximum Gasteiger partial charge on any atom is 0.340 e. The van der Waals surface area contributed by atoms with E-state index in [1.807, 2.05) is 46.0 Å². The van der Waals surface area contributed by atoms with Crippen molar-refractivity contribution in [2.75, 3.05) is 6.54 Å². The normalized spacial score (nSPS) is 11.6. The van der Waals surface area contributed by atoms with Crippen LogP contribution in [0.5, 0.6) is 0 Å². The number of hydrogen-bond donors (Lipinski definition) is 1. The van der Waals surface area contributed by atoms with Gasteiger partial charge in [-0.25, -0.2) is 4.79 Å². The minimum absolute atomic E-state index is 0.0128. The third-order valence-electron chi connectivity index (χ3n) is 6.62. The van der Waals surface area contributed by atoms with Crippen molar-refractivity contribution < 1.29 is 13.6 Å². The molecular formula is C27H26N2O4. The van der Waals surface area contributed by atoms with E-state index < -0.39 is 5.63 Å². The zero-order chi connectivity index (χ0) is 23.3. The predicted octanol–water partition coefficient (Wildman–Crippen LogP) is 4.86. The first kappa shape index (κ1) is 21.1. The zero-order valence-corrected chi connectivity index (χ0v) is 19.2. The third kappa shape index (κ3) is 3.61. The maximum atomic E-state index is 12.7. The Hall–Kier alpha value is -3.80. The van der Waals surface area contributed by atoms with Gasteiger partial charge in [0, 0.05) is 47.5 Å². The molecule has 0 radical (unpaired) electrons. The lowest BCUT2D eigenvalue weighted by molar-refractivity contribution is -0.120. The molecule has 0 spiro atoms. The molecule has 5 rings (SSSR count). The smallest absolute Gasteiger partial charge is 0.340 e. The van der Waals surface area contributed by atoms with Crippen molar-refractivity contribution in [3.63, 3.8) is 0 Å². The number of furan rings is 1. The van der Waals surface area contributed by atoms with E-state index in [1.54, 1.807) is 6.07 Å². The molecule has 0 saturated heterocycles. The molecule has 1 amide bonds. The quantitative estimate of drug-likeness (QED) is 0.395. The number of rotatable bonds is 5. The lowest BCUT2D eigenvalue weighted by Gasteiger charge is -2.09. The first-order valence-corrected chi connectivity index (χ1v) is 11.1. The van der Waals surface area contributed by atoms with E-state index in [-0.39, 0.29) is 12.3 Å². The minimum atomic E-state index is -0.483. The van der Waals surface area contributed by atoms with E-state index in [1.165, 1.54) is 16.5 Å². The summed E-state index contributed by atoms with van der Waals surface area (Å²) in [7, 11) is 2.02. The van der Waals surface area contributed by atoms with Crippen LogP contribution >= 0.6 is 0 Å². The van der Waals surface area contributed by atoms with Crippen LogP contribution < -0.4 is 10.9 Å². The second kappa shape index (κ2) is 7.96. The van der Waals surface area contributed by atoms with Gasteiger partial charge >= 0.3 is 5.63 Å². The Morgan fingerprint density at radius 1 is 0.970 bits per heavy atom. The van der Waals surface area contributed by atoms with Gasteiger partial charge in [0.15, 0.2) is 0 Å². The summed E-state index contributed by atoms with van der Waals surface area (Å²) in [4.78, 5) is 25.3.